The summed E-state index contributed by atoms with van der Waals surface area (Å²) in [6.45, 7) is 3.54. The summed E-state index contributed by atoms with van der Waals surface area (Å²) in [7, 11) is 2.23. The topological polar surface area (TPSA) is 38.5 Å². The van der Waals surface area contributed by atoms with E-state index in [0.29, 0.717) is 12.6 Å². The number of likely N-dealkylation sites (N-methyl/N-ethyl adjacent to an activating group) is 1. The van der Waals surface area contributed by atoms with Crippen molar-refractivity contribution < 1.29 is 4.74 Å². The van der Waals surface area contributed by atoms with Crippen LogP contribution in [0.3, 0.4) is 0 Å². The molecule has 2 N–H and O–H groups in total. The molecule has 0 amide bonds. The highest BCUT2D eigenvalue weighted by Gasteiger charge is 2.26. The third kappa shape index (κ3) is 4.21. The summed E-state index contributed by atoms with van der Waals surface area (Å²) < 4.78 is 5.92. The van der Waals surface area contributed by atoms with Gasteiger partial charge >= 0.3 is 0 Å². The molecule has 3 heteroatoms. The highest BCUT2D eigenvalue weighted by atomic mass is 16.5. The van der Waals surface area contributed by atoms with Crippen molar-refractivity contribution in [2.75, 3.05) is 20.2 Å². The number of hydrogen-bond donors (Lipinski definition) is 1. The zero-order valence-corrected chi connectivity index (χ0v) is 13.6. The quantitative estimate of drug-likeness (QED) is 0.831. The standard InChI is InChI=1S/C18H30N2O/c1-3-13-21-18-12-8-7-11-16(18)17(14-19)20(2)15-9-5-4-6-10-15/h7-8,11-12,15,17H,3-6,9-10,13-14,19H2,1-2H3. The van der Waals surface area contributed by atoms with E-state index in [-0.39, 0.29) is 6.04 Å². The fourth-order valence-corrected chi connectivity index (χ4v) is 3.35. The smallest absolute Gasteiger partial charge is 0.124 e. The van der Waals surface area contributed by atoms with E-state index in [9.17, 15) is 0 Å². The van der Waals surface area contributed by atoms with Gasteiger partial charge < -0.3 is 10.5 Å². The maximum atomic E-state index is 6.11. The van der Waals surface area contributed by atoms with E-state index in [2.05, 4.69) is 37.1 Å². The van der Waals surface area contributed by atoms with E-state index >= 15 is 0 Å². The van der Waals surface area contributed by atoms with Crippen molar-refractivity contribution in [2.45, 2.75) is 57.5 Å². The van der Waals surface area contributed by atoms with Crippen LogP contribution in [0, 0.1) is 0 Å². The van der Waals surface area contributed by atoms with Gasteiger partial charge in [-0.25, -0.2) is 0 Å². The Morgan fingerprint density at radius 3 is 2.62 bits per heavy atom. The van der Waals surface area contributed by atoms with Crippen LogP contribution in [-0.2, 0) is 0 Å². The second-order valence-corrected chi connectivity index (χ2v) is 6.10. The van der Waals surface area contributed by atoms with Crippen molar-refractivity contribution in [3.8, 4) is 5.75 Å². The molecule has 0 aliphatic heterocycles. The predicted octanol–water partition coefficient (Wildman–Crippen LogP) is 3.74. The van der Waals surface area contributed by atoms with Gasteiger partial charge in [-0.3, -0.25) is 4.90 Å². The molecule has 2 rings (SSSR count). The Labute approximate surface area is 129 Å². The van der Waals surface area contributed by atoms with Gasteiger partial charge in [-0.2, -0.15) is 0 Å². The van der Waals surface area contributed by atoms with E-state index in [1.807, 2.05) is 6.07 Å². The summed E-state index contributed by atoms with van der Waals surface area (Å²) in [6.07, 6.45) is 7.70. The zero-order valence-electron chi connectivity index (χ0n) is 13.6. The fourth-order valence-electron chi connectivity index (χ4n) is 3.35. The van der Waals surface area contributed by atoms with Crippen LogP contribution in [0.2, 0.25) is 0 Å². The predicted molar refractivity (Wildman–Crippen MR) is 88.7 cm³/mol. The number of para-hydroxylation sites is 1. The molecule has 3 nitrogen and oxygen atoms in total. The van der Waals surface area contributed by atoms with Gasteiger partial charge in [0.2, 0.25) is 0 Å². The van der Waals surface area contributed by atoms with Crippen molar-refractivity contribution in [3.05, 3.63) is 29.8 Å². The molecule has 1 aromatic carbocycles. The number of hydrogen-bond acceptors (Lipinski definition) is 3. The lowest BCUT2D eigenvalue weighted by Crippen LogP contribution is -2.39. The van der Waals surface area contributed by atoms with E-state index in [4.69, 9.17) is 10.5 Å². The summed E-state index contributed by atoms with van der Waals surface area (Å²) in [4.78, 5) is 2.48. The molecule has 1 atom stereocenters. The Morgan fingerprint density at radius 2 is 1.95 bits per heavy atom. The minimum absolute atomic E-state index is 0.251. The Balaban J connectivity index is 2.15. The minimum Gasteiger partial charge on any atom is -0.493 e. The highest BCUT2D eigenvalue weighted by molar-refractivity contribution is 5.36. The molecule has 0 spiro atoms. The van der Waals surface area contributed by atoms with Gasteiger partial charge in [-0.05, 0) is 32.4 Å². The van der Waals surface area contributed by atoms with Crippen molar-refractivity contribution >= 4 is 0 Å². The molecular formula is C18H30N2O. The molecule has 1 saturated carbocycles. The Hall–Kier alpha value is -1.06. The van der Waals surface area contributed by atoms with Gasteiger partial charge in [0, 0.05) is 18.2 Å². The number of rotatable bonds is 7. The monoisotopic (exact) mass is 290 g/mol. The second kappa shape index (κ2) is 8.40. The summed E-state index contributed by atoms with van der Waals surface area (Å²) in [5, 5.41) is 0. The SMILES string of the molecule is CCCOc1ccccc1C(CN)N(C)C1CCCCC1. The first-order valence-corrected chi connectivity index (χ1v) is 8.41. The summed E-state index contributed by atoms with van der Waals surface area (Å²) in [6, 6.07) is 9.28. The first-order valence-electron chi connectivity index (χ1n) is 8.41. The molecule has 118 valence electrons. The molecule has 0 bridgehead atoms. The Morgan fingerprint density at radius 1 is 1.24 bits per heavy atom. The number of benzene rings is 1. The average Bonchev–Trinajstić information content (AvgIpc) is 2.55. The summed E-state index contributed by atoms with van der Waals surface area (Å²) in [5.41, 5.74) is 7.35. The van der Waals surface area contributed by atoms with Gasteiger partial charge in [0.1, 0.15) is 5.75 Å². The highest BCUT2D eigenvalue weighted by Crippen LogP contribution is 2.32. The van der Waals surface area contributed by atoms with Crippen LogP contribution in [0.15, 0.2) is 24.3 Å². The molecule has 0 aromatic heterocycles. The fraction of sp³-hybridized carbons (Fsp3) is 0.667. The normalized spacial score (nSPS) is 17.9. The van der Waals surface area contributed by atoms with Crippen LogP contribution in [0.4, 0.5) is 0 Å². The molecule has 0 heterocycles. The molecule has 1 aliphatic rings. The van der Waals surface area contributed by atoms with Gasteiger partial charge in [-0.15, -0.1) is 0 Å². The number of ether oxygens (including phenoxy) is 1. The van der Waals surface area contributed by atoms with Crippen LogP contribution >= 0.6 is 0 Å². The first kappa shape index (κ1) is 16.3. The summed E-state index contributed by atoms with van der Waals surface area (Å²) >= 11 is 0. The van der Waals surface area contributed by atoms with Gasteiger partial charge in [0.15, 0.2) is 0 Å². The summed E-state index contributed by atoms with van der Waals surface area (Å²) in [5.74, 6) is 0.998. The first-order chi connectivity index (χ1) is 10.3. The van der Waals surface area contributed by atoms with E-state index in [1.54, 1.807) is 0 Å². The van der Waals surface area contributed by atoms with Crippen LogP contribution < -0.4 is 10.5 Å². The van der Waals surface area contributed by atoms with Crippen molar-refractivity contribution in [1.29, 1.82) is 0 Å². The molecule has 0 saturated heterocycles. The van der Waals surface area contributed by atoms with E-state index in [1.165, 1.54) is 37.7 Å². The lowest BCUT2D eigenvalue weighted by atomic mass is 9.92. The van der Waals surface area contributed by atoms with Crippen LogP contribution in [0.25, 0.3) is 0 Å². The van der Waals surface area contributed by atoms with Gasteiger partial charge in [-0.1, -0.05) is 44.4 Å². The van der Waals surface area contributed by atoms with Crippen LogP contribution in [0.5, 0.6) is 5.75 Å². The molecule has 1 aliphatic carbocycles. The van der Waals surface area contributed by atoms with E-state index in [0.717, 1.165) is 18.8 Å². The maximum Gasteiger partial charge on any atom is 0.124 e. The lowest BCUT2D eigenvalue weighted by molar-refractivity contribution is 0.138. The third-order valence-electron chi connectivity index (χ3n) is 4.61. The van der Waals surface area contributed by atoms with Crippen molar-refractivity contribution in [2.24, 2.45) is 5.73 Å². The van der Waals surface area contributed by atoms with Crippen LogP contribution in [-0.4, -0.2) is 31.1 Å². The molecule has 0 radical (unpaired) electrons. The maximum absolute atomic E-state index is 6.11. The average molecular weight is 290 g/mol. The lowest BCUT2D eigenvalue weighted by Gasteiger charge is -2.37. The van der Waals surface area contributed by atoms with Crippen LogP contribution in [0.1, 0.15) is 57.1 Å². The molecule has 1 fully saturated rings. The van der Waals surface area contributed by atoms with E-state index < -0.39 is 0 Å². The number of nitrogens with two attached hydrogens (primary N) is 1. The minimum atomic E-state index is 0.251. The molecule has 1 unspecified atom stereocenters. The zero-order chi connectivity index (χ0) is 15.1. The third-order valence-corrected chi connectivity index (χ3v) is 4.61. The Bertz CT molecular complexity index is 415. The Kier molecular flexibility index (Phi) is 6.52. The number of nitrogens with zero attached hydrogens (tertiary/aromatic N) is 1. The molecule has 1 aromatic rings. The largest absolute Gasteiger partial charge is 0.493 e. The molecular weight excluding hydrogens is 260 g/mol. The van der Waals surface area contributed by atoms with Crippen molar-refractivity contribution in [3.63, 3.8) is 0 Å². The van der Waals surface area contributed by atoms with Crippen molar-refractivity contribution in [1.82, 2.24) is 4.90 Å². The van der Waals surface area contributed by atoms with Gasteiger partial charge in [0.25, 0.3) is 0 Å². The second-order valence-electron chi connectivity index (χ2n) is 6.10. The molecule has 21 heavy (non-hydrogen) atoms. The van der Waals surface area contributed by atoms with Gasteiger partial charge in [0.05, 0.1) is 12.6 Å².